The molecular formula is C25H23FN4O5S2. The average molecular weight is 543 g/mol. The number of aromatic nitrogens is 1. The standard InChI is InChI=1S/C25H23FN4O5S2/c1-28-24(32)20-17-11-16(13-3-4-13)18(12-19(17)35-22(20)14-5-7-15(26)8-6-14)30(37(2,33)34)21(23(27)31)25-29-9-10-36-25/h5-13,21H,3-4H2,1-2H3,(H2,27,31)(H,28,32). The van der Waals surface area contributed by atoms with Crippen LogP contribution in [0, 0.1) is 5.82 Å². The first kappa shape index (κ1) is 24.9. The van der Waals surface area contributed by atoms with Gasteiger partial charge in [0.2, 0.25) is 15.9 Å². The minimum absolute atomic E-state index is 0.0233. The molecule has 37 heavy (non-hydrogen) atoms. The van der Waals surface area contributed by atoms with Crippen molar-refractivity contribution in [1.82, 2.24) is 10.3 Å². The molecule has 1 aliphatic rings. The second-order valence-electron chi connectivity index (χ2n) is 8.81. The Morgan fingerprint density at radius 2 is 1.95 bits per heavy atom. The van der Waals surface area contributed by atoms with Crippen LogP contribution < -0.4 is 15.4 Å². The second kappa shape index (κ2) is 9.27. The molecule has 0 bridgehead atoms. The number of nitrogens with two attached hydrogens (primary N) is 1. The summed E-state index contributed by atoms with van der Waals surface area (Å²) in [5.74, 6) is -1.49. The normalized spacial score (nSPS) is 14.5. The van der Waals surface area contributed by atoms with Gasteiger partial charge in [0.05, 0.1) is 17.5 Å². The smallest absolute Gasteiger partial charge is 0.255 e. The maximum atomic E-state index is 13.6. The summed E-state index contributed by atoms with van der Waals surface area (Å²) in [6.07, 6.45) is 4.09. The van der Waals surface area contributed by atoms with Crippen LogP contribution in [0.25, 0.3) is 22.3 Å². The van der Waals surface area contributed by atoms with Gasteiger partial charge in [0.1, 0.15) is 22.2 Å². The zero-order valence-corrected chi connectivity index (χ0v) is 21.5. The van der Waals surface area contributed by atoms with Crippen molar-refractivity contribution in [3.63, 3.8) is 0 Å². The first-order valence-corrected chi connectivity index (χ1v) is 14.1. The number of halogens is 1. The molecule has 1 fully saturated rings. The number of carbonyl (C=O) groups excluding carboxylic acids is 2. The number of anilines is 1. The van der Waals surface area contributed by atoms with E-state index in [1.54, 1.807) is 11.4 Å². The van der Waals surface area contributed by atoms with E-state index in [2.05, 4.69) is 10.3 Å². The van der Waals surface area contributed by atoms with E-state index in [9.17, 15) is 22.4 Å². The van der Waals surface area contributed by atoms with Crippen LogP contribution in [0.1, 0.15) is 45.7 Å². The molecule has 0 saturated heterocycles. The highest BCUT2D eigenvalue weighted by Gasteiger charge is 2.39. The lowest BCUT2D eigenvalue weighted by molar-refractivity contribution is -0.119. The Hall–Kier alpha value is -3.77. The van der Waals surface area contributed by atoms with E-state index in [1.165, 1.54) is 43.6 Å². The Bertz CT molecular complexity index is 1610. The third-order valence-electron chi connectivity index (χ3n) is 6.20. The van der Waals surface area contributed by atoms with Crippen LogP contribution in [-0.2, 0) is 14.8 Å². The van der Waals surface area contributed by atoms with Crippen LogP contribution in [0.15, 0.2) is 52.4 Å². The van der Waals surface area contributed by atoms with Crippen LogP contribution in [0.4, 0.5) is 10.1 Å². The maximum absolute atomic E-state index is 13.6. The third-order valence-corrected chi connectivity index (χ3v) is 8.15. The summed E-state index contributed by atoms with van der Waals surface area (Å²) in [5, 5.41) is 4.95. The van der Waals surface area contributed by atoms with Gasteiger partial charge in [0, 0.05) is 35.6 Å². The highest BCUT2D eigenvalue weighted by molar-refractivity contribution is 7.92. The number of benzene rings is 2. The molecule has 9 nitrogen and oxygen atoms in total. The number of nitrogens with one attached hydrogen (secondary N) is 1. The lowest BCUT2D eigenvalue weighted by Gasteiger charge is -2.30. The summed E-state index contributed by atoms with van der Waals surface area (Å²) in [7, 11) is -2.54. The highest BCUT2D eigenvalue weighted by Crippen LogP contribution is 2.49. The molecule has 2 aromatic carbocycles. The Balaban J connectivity index is 1.80. The molecule has 1 aliphatic carbocycles. The highest BCUT2D eigenvalue weighted by atomic mass is 32.2. The molecule has 1 atom stereocenters. The van der Waals surface area contributed by atoms with Gasteiger partial charge in [-0.15, -0.1) is 11.3 Å². The largest absolute Gasteiger partial charge is 0.455 e. The average Bonchev–Trinajstić information content (AvgIpc) is 3.42. The molecule has 12 heteroatoms. The molecule has 3 N–H and O–H groups in total. The van der Waals surface area contributed by atoms with Gasteiger partial charge in [-0.25, -0.2) is 17.8 Å². The van der Waals surface area contributed by atoms with Crippen molar-refractivity contribution < 1.29 is 26.8 Å². The number of furan rings is 1. The van der Waals surface area contributed by atoms with Crippen molar-refractivity contribution in [2.75, 3.05) is 17.6 Å². The van der Waals surface area contributed by atoms with Gasteiger partial charge in [0.25, 0.3) is 5.91 Å². The molecule has 5 rings (SSSR count). The van der Waals surface area contributed by atoms with E-state index in [4.69, 9.17) is 10.2 Å². The van der Waals surface area contributed by atoms with Gasteiger partial charge in [-0.2, -0.15) is 0 Å². The molecule has 2 amide bonds. The van der Waals surface area contributed by atoms with Gasteiger partial charge in [-0.05, 0) is 54.7 Å². The Morgan fingerprint density at radius 3 is 2.49 bits per heavy atom. The van der Waals surface area contributed by atoms with Crippen LogP contribution >= 0.6 is 11.3 Å². The van der Waals surface area contributed by atoms with Gasteiger partial charge < -0.3 is 15.5 Å². The van der Waals surface area contributed by atoms with E-state index in [-0.39, 0.29) is 33.5 Å². The molecule has 2 aromatic heterocycles. The first-order valence-electron chi connectivity index (χ1n) is 11.4. The fourth-order valence-electron chi connectivity index (χ4n) is 4.43. The van der Waals surface area contributed by atoms with Gasteiger partial charge in [0.15, 0.2) is 6.04 Å². The minimum Gasteiger partial charge on any atom is -0.455 e. The van der Waals surface area contributed by atoms with Crippen LogP contribution in [-0.4, -0.2) is 38.5 Å². The number of amides is 2. The van der Waals surface area contributed by atoms with E-state index in [0.29, 0.717) is 16.5 Å². The monoisotopic (exact) mass is 542 g/mol. The Kier molecular flexibility index (Phi) is 6.24. The second-order valence-corrected chi connectivity index (χ2v) is 11.6. The molecule has 0 aliphatic heterocycles. The lowest BCUT2D eigenvalue weighted by atomic mass is 10.00. The number of primary amides is 1. The van der Waals surface area contributed by atoms with Crippen molar-refractivity contribution in [2.45, 2.75) is 24.8 Å². The van der Waals surface area contributed by atoms with Crippen molar-refractivity contribution in [2.24, 2.45) is 5.73 Å². The summed E-state index contributed by atoms with van der Waals surface area (Å²) >= 11 is 1.12. The van der Waals surface area contributed by atoms with Gasteiger partial charge in [-0.3, -0.25) is 13.9 Å². The summed E-state index contributed by atoms with van der Waals surface area (Å²) in [5.41, 5.74) is 7.54. The predicted molar refractivity (Wildman–Crippen MR) is 138 cm³/mol. The first-order chi connectivity index (χ1) is 17.6. The number of hydrogen-bond donors (Lipinski definition) is 2. The number of thiazole rings is 1. The quantitative estimate of drug-likeness (QED) is 0.346. The summed E-state index contributed by atoms with van der Waals surface area (Å²) in [4.78, 5) is 29.7. The molecule has 0 spiro atoms. The summed E-state index contributed by atoms with van der Waals surface area (Å²) < 4.78 is 47.0. The molecule has 2 heterocycles. The number of fused-ring (bicyclic) bond motifs is 1. The summed E-state index contributed by atoms with van der Waals surface area (Å²) in [6, 6.07) is 7.40. The Morgan fingerprint density at radius 1 is 1.24 bits per heavy atom. The topological polar surface area (TPSA) is 136 Å². The van der Waals surface area contributed by atoms with Crippen LogP contribution in [0.2, 0.25) is 0 Å². The van der Waals surface area contributed by atoms with Gasteiger partial charge >= 0.3 is 0 Å². The molecule has 192 valence electrons. The van der Waals surface area contributed by atoms with Crippen molar-refractivity contribution in [1.29, 1.82) is 0 Å². The zero-order chi connectivity index (χ0) is 26.5. The molecule has 0 radical (unpaired) electrons. The SMILES string of the molecule is CNC(=O)c1c(-c2ccc(F)cc2)oc2cc(N(C(C(N)=O)c3nccs3)S(C)(=O)=O)c(C3CC3)cc12. The van der Waals surface area contributed by atoms with E-state index < -0.39 is 33.7 Å². The molecular weight excluding hydrogens is 519 g/mol. The van der Waals surface area contributed by atoms with Crippen molar-refractivity contribution in [3.05, 3.63) is 69.9 Å². The molecule has 1 unspecified atom stereocenters. The number of rotatable bonds is 8. The lowest BCUT2D eigenvalue weighted by Crippen LogP contribution is -2.41. The summed E-state index contributed by atoms with van der Waals surface area (Å²) in [6.45, 7) is 0. The maximum Gasteiger partial charge on any atom is 0.255 e. The number of carbonyl (C=O) groups is 2. The molecule has 1 saturated carbocycles. The minimum atomic E-state index is -4.03. The van der Waals surface area contributed by atoms with E-state index in [0.717, 1.165) is 34.7 Å². The fourth-order valence-corrected chi connectivity index (χ4v) is 6.33. The van der Waals surface area contributed by atoms with Gasteiger partial charge in [-0.1, -0.05) is 0 Å². The Labute approximate surface area is 216 Å². The van der Waals surface area contributed by atoms with Crippen molar-refractivity contribution in [3.8, 4) is 11.3 Å². The number of hydrogen-bond acceptors (Lipinski definition) is 7. The zero-order valence-electron chi connectivity index (χ0n) is 19.9. The van der Waals surface area contributed by atoms with E-state index >= 15 is 0 Å². The van der Waals surface area contributed by atoms with E-state index in [1.807, 2.05) is 0 Å². The predicted octanol–water partition coefficient (Wildman–Crippen LogP) is 3.93. The van der Waals surface area contributed by atoms with Crippen LogP contribution in [0.5, 0.6) is 0 Å². The number of sulfonamides is 1. The fraction of sp³-hybridized carbons (Fsp3) is 0.240. The van der Waals surface area contributed by atoms with Crippen molar-refractivity contribution >= 4 is 49.8 Å². The number of nitrogens with zero attached hydrogens (tertiary/aromatic N) is 2. The third kappa shape index (κ3) is 4.58. The van der Waals surface area contributed by atoms with Crippen LogP contribution in [0.3, 0.4) is 0 Å². The molecule has 4 aromatic rings.